The molecule has 1 heterocycles. The molecule has 8 heteroatoms. The molecule has 0 spiro atoms. The van der Waals surface area contributed by atoms with E-state index in [1.807, 2.05) is 6.92 Å². The Hall–Kier alpha value is -2.28. The van der Waals surface area contributed by atoms with E-state index in [0.717, 1.165) is 5.56 Å². The minimum absolute atomic E-state index is 0.405. The van der Waals surface area contributed by atoms with Crippen LogP contribution in [0.2, 0.25) is 10.0 Å². The number of hydrogen-bond acceptors (Lipinski definition) is 4. The third-order valence-electron chi connectivity index (χ3n) is 3.35. The van der Waals surface area contributed by atoms with Gasteiger partial charge in [-0.3, -0.25) is 0 Å². The van der Waals surface area contributed by atoms with Crippen molar-refractivity contribution >= 4 is 51.4 Å². The number of benzene rings is 2. The summed E-state index contributed by atoms with van der Waals surface area (Å²) in [6, 6.07) is 9.55. The van der Waals surface area contributed by atoms with Crippen LogP contribution in [0.15, 0.2) is 48.0 Å². The number of nitrogens with zero attached hydrogens (tertiary/aromatic N) is 2. The minimum atomic E-state index is -0.686. The average Bonchev–Trinajstić information content (AvgIpc) is 3.07. The summed E-state index contributed by atoms with van der Waals surface area (Å²) in [5, 5.41) is 3.26. The molecule has 3 rings (SSSR count). The first-order valence-corrected chi connectivity index (χ1v) is 8.82. The third-order valence-corrected chi connectivity index (χ3v) is 4.77. The molecule has 128 valence electrons. The Morgan fingerprint density at radius 2 is 2.04 bits per heavy atom. The van der Waals surface area contributed by atoms with Crippen molar-refractivity contribution in [3.63, 3.8) is 0 Å². The van der Waals surface area contributed by atoms with Crippen LogP contribution in [0.1, 0.15) is 5.56 Å². The fourth-order valence-electron chi connectivity index (χ4n) is 2.20. The highest BCUT2D eigenvalue weighted by molar-refractivity contribution is 7.13. The molecule has 0 bridgehead atoms. The summed E-state index contributed by atoms with van der Waals surface area (Å²) in [5.41, 5.74) is 6.84. The minimum Gasteiger partial charge on any atom is -0.455 e. The lowest BCUT2D eigenvalue weighted by molar-refractivity contribution is 0.256. The third kappa shape index (κ3) is 3.87. The number of thiazole rings is 1. The van der Waals surface area contributed by atoms with Crippen molar-refractivity contribution in [2.75, 3.05) is 4.90 Å². The first-order chi connectivity index (χ1) is 12.0. The van der Waals surface area contributed by atoms with Gasteiger partial charge in [0.1, 0.15) is 5.75 Å². The summed E-state index contributed by atoms with van der Waals surface area (Å²) in [6.07, 6.45) is 1.59. The van der Waals surface area contributed by atoms with E-state index in [9.17, 15) is 4.79 Å². The highest BCUT2D eigenvalue weighted by atomic mass is 35.5. The fourth-order valence-corrected chi connectivity index (χ4v) is 3.14. The number of urea groups is 1. The molecule has 25 heavy (non-hydrogen) atoms. The predicted molar refractivity (Wildman–Crippen MR) is 102 cm³/mol. The van der Waals surface area contributed by atoms with Gasteiger partial charge in [0.2, 0.25) is 0 Å². The van der Waals surface area contributed by atoms with E-state index >= 15 is 0 Å². The summed E-state index contributed by atoms with van der Waals surface area (Å²) in [4.78, 5) is 17.4. The van der Waals surface area contributed by atoms with E-state index in [1.165, 1.54) is 16.2 Å². The zero-order chi connectivity index (χ0) is 18.0. The zero-order valence-corrected chi connectivity index (χ0v) is 15.4. The molecule has 5 nitrogen and oxygen atoms in total. The molecule has 0 aliphatic rings. The fraction of sp³-hybridized carbons (Fsp3) is 0.0588. The summed E-state index contributed by atoms with van der Waals surface area (Å²) >= 11 is 13.4. The number of carbonyl (C=O) groups is 1. The Morgan fingerprint density at radius 3 is 2.68 bits per heavy atom. The molecule has 0 saturated carbocycles. The maximum absolute atomic E-state index is 12.0. The van der Waals surface area contributed by atoms with E-state index in [-0.39, 0.29) is 0 Å². The molecule has 2 amide bonds. The largest absolute Gasteiger partial charge is 0.455 e. The summed E-state index contributed by atoms with van der Waals surface area (Å²) in [5.74, 6) is 0.995. The Labute approximate surface area is 158 Å². The maximum Gasteiger partial charge on any atom is 0.325 e. The van der Waals surface area contributed by atoms with Gasteiger partial charge in [-0.2, -0.15) is 0 Å². The van der Waals surface area contributed by atoms with Gasteiger partial charge in [0.15, 0.2) is 10.9 Å². The van der Waals surface area contributed by atoms with Crippen molar-refractivity contribution in [1.29, 1.82) is 0 Å². The van der Waals surface area contributed by atoms with Gasteiger partial charge in [0.25, 0.3) is 0 Å². The number of nitrogens with two attached hydrogens (primary N) is 1. The standard InChI is InChI=1S/C17H13Cl2N3O2S/c1-10-8-12(3-4-13(10)19)24-15-5-2-11(18)9-14(15)22(16(20)23)17-21-6-7-25-17/h2-9H,1H3,(H2,20,23). The van der Waals surface area contributed by atoms with Crippen LogP contribution >= 0.6 is 34.5 Å². The van der Waals surface area contributed by atoms with Crippen LogP contribution in [0.25, 0.3) is 0 Å². The van der Waals surface area contributed by atoms with Crippen LogP contribution in [-0.2, 0) is 0 Å². The molecular weight excluding hydrogens is 381 g/mol. The van der Waals surface area contributed by atoms with Gasteiger partial charge in [0.05, 0.1) is 5.69 Å². The topological polar surface area (TPSA) is 68.5 Å². The lowest BCUT2D eigenvalue weighted by Gasteiger charge is -2.21. The van der Waals surface area contributed by atoms with Gasteiger partial charge in [-0.15, -0.1) is 11.3 Å². The molecule has 1 aromatic heterocycles. The summed E-state index contributed by atoms with van der Waals surface area (Å²) in [6.45, 7) is 1.88. The van der Waals surface area contributed by atoms with Crippen LogP contribution in [0.3, 0.4) is 0 Å². The molecule has 0 unspecified atom stereocenters. The number of carbonyl (C=O) groups excluding carboxylic acids is 1. The van der Waals surface area contributed by atoms with Crippen LogP contribution in [0.5, 0.6) is 11.5 Å². The number of aromatic nitrogens is 1. The Balaban J connectivity index is 2.05. The lowest BCUT2D eigenvalue weighted by Crippen LogP contribution is -2.31. The predicted octanol–water partition coefficient (Wildman–Crippen LogP) is 5.77. The first-order valence-electron chi connectivity index (χ1n) is 7.18. The van der Waals surface area contributed by atoms with Crippen LogP contribution in [0, 0.1) is 6.92 Å². The van der Waals surface area contributed by atoms with Crippen molar-refractivity contribution in [2.45, 2.75) is 6.92 Å². The summed E-state index contributed by atoms with van der Waals surface area (Å²) in [7, 11) is 0. The quantitative estimate of drug-likeness (QED) is 0.611. The Morgan fingerprint density at radius 1 is 1.24 bits per heavy atom. The molecule has 0 fully saturated rings. The number of primary amides is 1. The molecule has 0 aliphatic carbocycles. The smallest absolute Gasteiger partial charge is 0.325 e. The average molecular weight is 394 g/mol. The monoisotopic (exact) mass is 393 g/mol. The van der Waals surface area contributed by atoms with Crippen LogP contribution in [0.4, 0.5) is 15.6 Å². The van der Waals surface area contributed by atoms with Crippen LogP contribution in [-0.4, -0.2) is 11.0 Å². The molecule has 0 radical (unpaired) electrons. The van der Waals surface area contributed by atoms with E-state index in [4.69, 9.17) is 33.7 Å². The van der Waals surface area contributed by atoms with Crippen molar-refractivity contribution in [3.8, 4) is 11.5 Å². The molecule has 0 aliphatic heterocycles. The first kappa shape index (κ1) is 17.5. The lowest BCUT2D eigenvalue weighted by atomic mass is 10.2. The van der Waals surface area contributed by atoms with E-state index in [0.29, 0.717) is 32.4 Å². The van der Waals surface area contributed by atoms with Gasteiger partial charge in [0, 0.05) is 21.6 Å². The number of amides is 2. The SMILES string of the molecule is Cc1cc(Oc2ccc(Cl)cc2N(C(N)=O)c2nccs2)ccc1Cl. The molecule has 0 saturated heterocycles. The van der Waals surface area contributed by atoms with Crippen molar-refractivity contribution in [2.24, 2.45) is 5.73 Å². The van der Waals surface area contributed by atoms with Gasteiger partial charge < -0.3 is 10.5 Å². The second-order valence-electron chi connectivity index (χ2n) is 5.11. The van der Waals surface area contributed by atoms with Crippen molar-refractivity contribution in [3.05, 3.63) is 63.6 Å². The molecule has 2 N–H and O–H groups in total. The maximum atomic E-state index is 12.0. The van der Waals surface area contributed by atoms with Gasteiger partial charge in [-0.25, -0.2) is 14.7 Å². The number of hydrogen-bond donors (Lipinski definition) is 1. The van der Waals surface area contributed by atoms with Gasteiger partial charge in [-0.1, -0.05) is 23.2 Å². The molecule has 3 aromatic rings. The van der Waals surface area contributed by atoms with Crippen LogP contribution < -0.4 is 15.4 Å². The number of anilines is 2. The van der Waals surface area contributed by atoms with E-state index in [1.54, 1.807) is 48.0 Å². The molecule has 2 aromatic carbocycles. The molecular formula is C17H13Cl2N3O2S. The van der Waals surface area contributed by atoms with Gasteiger partial charge >= 0.3 is 6.03 Å². The van der Waals surface area contributed by atoms with Crippen molar-refractivity contribution < 1.29 is 9.53 Å². The number of rotatable bonds is 4. The highest BCUT2D eigenvalue weighted by Gasteiger charge is 2.22. The highest BCUT2D eigenvalue weighted by Crippen LogP contribution is 2.39. The normalized spacial score (nSPS) is 10.5. The number of halogens is 2. The Kier molecular flexibility index (Phi) is 5.13. The second kappa shape index (κ2) is 7.31. The van der Waals surface area contributed by atoms with E-state index < -0.39 is 6.03 Å². The second-order valence-corrected chi connectivity index (χ2v) is 6.83. The zero-order valence-electron chi connectivity index (χ0n) is 13.1. The number of aryl methyl sites for hydroxylation is 1. The molecule has 0 atom stereocenters. The van der Waals surface area contributed by atoms with Crippen molar-refractivity contribution in [1.82, 2.24) is 4.98 Å². The van der Waals surface area contributed by atoms with E-state index in [2.05, 4.69) is 4.98 Å². The Bertz CT molecular complexity index is 916. The van der Waals surface area contributed by atoms with Gasteiger partial charge in [-0.05, 0) is 48.9 Å². The number of ether oxygens (including phenoxy) is 1. The summed E-state index contributed by atoms with van der Waals surface area (Å²) < 4.78 is 5.94.